The van der Waals surface area contributed by atoms with Crippen LogP contribution in [0.15, 0.2) is 108 Å². The van der Waals surface area contributed by atoms with Crippen LogP contribution in [0.25, 0.3) is 11.2 Å². The second-order valence-electron chi connectivity index (χ2n) is 10.8. The first-order chi connectivity index (χ1) is 20.0. The van der Waals surface area contributed by atoms with E-state index in [-0.39, 0.29) is 17.7 Å². The highest BCUT2D eigenvalue weighted by atomic mass is 16.8. The molecule has 0 saturated carbocycles. The molecule has 2 saturated heterocycles. The number of nitrogens with zero attached hydrogens (tertiary/aromatic N) is 3. The molecule has 1 N–H and O–H groups in total. The predicted octanol–water partition coefficient (Wildman–Crippen LogP) is 4.55. The van der Waals surface area contributed by atoms with Gasteiger partial charge in [-0.1, -0.05) is 91.0 Å². The molecule has 9 heteroatoms. The number of rotatable bonds is 7. The number of ether oxygens (including phenoxy) is 4. The summed E-state index contributed by atoms with van der Waals surface area (Å²) in [5.41, 5.74) is 2.42. The van der Waals surface area contributed by atoms with Gasteiger partial charge in [-0.05, 0) is 30.5 Å². The molecule has 2 aliphatic heterocycles. The summed E-state index contributed by atoms with van der Waals surface area (Å²) in [7, 11) is 0. The van der Waals surface area contributed by atoms with Crippen molar-refractivity contribution in [3.05, 3.63) is 131 Å². The Bertz CT molecular complexity index is 1610. The molecule has 9 nitrogen and oxygen atoms in total. The Hall–Kier alpha value is -4.15. The van der Waals surface area contributed by atoms with E-state index in [1.165, 1.54) is 6.33 Å². The zero-order valence-electron chi connectivity index (χ0n) is 22.7. The third kappa shape index (κ3) is 4.38. The molecule has 4 atom stereocenters. The summed E-state index contributed by atoms with van der Waals surface area (Å²) in [6, 6.07) is 30.6. The van der Waals surface area contributed by atoms with E-state index in [1.807, 2.05) is 68.4 Å². The zero-order valence-corrected chi connectivity index (χ0v) is 22.7. The van der Waals surface area contributed by atoms with E-state index in [2.05, 4.69) is 51.4 Å². The van der Waals surface area contributed by atoms with Gasteiger partial charge in [0.2, 0.25) is 0 Å². The molecule has 0 amide bonds. The highest BCUT2D eigenvalue weighted by Gasteiger charge is 2.57. The third-order valence-corrected chi connectivity index (χ3v) is 7.77. The van der Waals surface area contributed by atoms with Gasteiger partial charge in [0.25, 0.3) is 5.56 Å². The van der Waals surface area contributed by atoms with Crippen molar-refractivity contribution in [1.29, 1.82) is 0 Å². The summed E-state index contributed by atoms with van der Waals surface area (Å²) in [6.07, 6.45) is 0.941. The van der Waals surface area contributed by atoms with E-state index >= 15 is 0 Å². The largest absolute Gasteiger partial charge is 0.358 e. The van der Waals surface area contributed by atoms with Gasteiger partial charge in [0, 0.05) is 0 Å². The van der Waals surface area contributed by atoms with Crippen LogP contribution >= 0.6 is 0 Å². The summed E-state index contributed by atoms with van der Waals surface area (Å²) < 4.78 is 28.1. The van der Waals surface area contributed by atoms with Crippen LogP contribution in [0.4, 0.5) is 0 Å². The number of hydrogen-bond acceptors (Lipinski definition) is 7. The Balaban J connectivity index is 1.29. The van der Waals surface area contributed by atoms with Gasteiger partial charge in [0.1, 0.15) is 23.9 Å². The Morgan fingerprint density at radius 3 is 2.00 bits per heavy atom. The lowest BCUT2D eigenvalue weighted by Gasteiger charge is -2.37. The van der Waals surface area contributed by atoms with E-state index in [4.69, 9.17) is 18.9 Å². The summed E-state index contributed by atoms with van der Waals surface area (Å²) in [5.74, 6) is -0.827. The monoisotopic (exact) mass is 550 g/mol. The van der Waals surface area contributed by atoms with Crippen LogP contribution in [0.5, 0.6) is 0 Å². The molecular weight excluding hydrogens is 520 g/mol. The van der Waals surface area contributed by atoms with Gasteiger partial charge in [-0.3, -0.25) is 9.36 Å². The van der Waals surface area contributed by atoms with Gasteiger partial charge in [-0.2, -0.15) is 0 Å². The van der Waals surface area contributed by atoms with E-state index in [0.29, 0.717) is 5.65 Å². The molecule has 3 unspecified atom stereocenters. The lowest BCUT2D eigenvalue weighted by molar-refractivity contribution is -0.204. The van der Waals surface area contributed by atoms with Gasteiger partial charge in [-0.25, -0.2) is 9.97 Å². The van der Waals surface area contributed by atoms with Gasteiger partial charge < -0.3 is 23.9 Å². The van der Waals surface area contributed by atoms with E-state index in [1.54, 1.807) is 10.9 Å². The van der Waals surface area contributed by atoms with Crippen LogP contribution < -0.4 is 5.56 Å². The number of hydrogen-bond donors (Lipinski definition) is 1. The SMILES string of the molecule is CC1(C)OC2C(COC(c3ccccc3)(c3ccccc3)c3ccccc3)O[C@@H](n3cnc4c(=O)[nH]cnc43)C2O1. The highest BCUT2D eigenvalue weighted by molar-refractivity contribution is 5.68. The van der Waals surface area contributed by atoms with Crippen LogP contribution in [-0.4, -0.2) is 50.2 Å². The maximum Gasteiger partial charge on any atom is 0.278 e. The predicted molar refractivity (Wildman–Crippen MR) is 151 cm³/mol. The average Bonchev–Trinajstić information content (AvgIpc) is 3.67. The Kier molecular flexibility index (Phi) is 6.32. The number of imidazole rings is 1. The minimum Gasteiger partial charge on any atom is -0.358 e. The quantitative estimate of drug-likeness (QED) is 0.297. The van der Waals surface area contributed by atoms with Gasteiger partial charge in [0.05, 0.1) is 19.3 Å². The molecule has 0 spiro atoms. The fraction of sp³-hybridized carbons (Fsp3) is 0.281. The number of H-pyrrole nitrogens is 1. The van der Waals surface area contributed by atoms with Gasteiger partial charge in [0.15, 0.2) is 23.2 Å². The molecule has 208 valence electrons. The molecule has 4 heterocycles. The summed E-state index contributed by atoms with van der Waals surface area (Å²) >= 11 is 0. The van der Waals surface area contributed by atoms with Crippen molar-refractivity contribution >= 4 is 11.2 Å². The average molecular weight is 551 g/mol. The molecule has 2 fully saturated rings. The lowest BCUT2D eigenvalue weighted by Crippen LogP contribution is -2.39. The normalized spacial score (nSPS) is 23.6. The topological polar surface area (TPSA) is 100 Å². The number of aromatic nitrogens is 4. The van der Waals surface area contributed by atoms with E-state index in [0.717, 1.165) is 16.7 Å². The van der Waals surface area contributed by atoms with Crippen molar-refractivity contribution < 1.29 is 18.9 Å². The maximum absolute atomic E-state index is 12.3. The smallest absolute Gasteiger partial charge is 0.278 e. The van der Waals surface area contributed by atoms with Crippen LogP contribution in [0, 0.1) is 0 Å². The van der Waals surface area contributed by atoms with Crippen molar-refractivity contribution in [3.63, 3.8) is 0 Å². The zero-order chi connectivity index (χ0) is 28.0. The number of benzene rings is 3. The molecule has 0 radical (unpaired) electrons. The minimum atomic E-state index is -0.910. The van der Waals surface area contributed by atoms with Gasteiger partial charge in [-0.15, -0.1) is 0 Å². The molecule has 7 rings (SSSR count). The van der Waals surface area contributed by atoms with Gasteiger partial charge >= 0.3 is 0 Å². The van der Waals surface area contributed by atoms with Crippen molar-refractivity contribution in [3.8, 4) is 0 Å². The van der Waals surface area contributed by atoms with Crippen molar-refractivity contribution in [1.82, 2.24) is 19.5 Å². The fourth-order valence-electron chi connectivity index (χ4n) is 6.04. The minimum absolute atomic E-state index is 0.205. The first-order valence-electron chi connectivity index (χ1n) is 13.7. The van der Waals surface area contributed by atoms with Crippen LogP contribution in [0.1, 0.15) is 36.8 Å². The molecule has 41 heavy (non-hydrogen) atoms. The van der Waals surface area contributed by atoms with Crippen molar-refractivity contribution in [2.24, 2.45) is 0 Å². The van der Waals surface area contributed by atoms with E-state index in [9.17, 15) is 4.79 Å². The molecule has 0 bridgehead atoms. The van der Waals surface area contributed by atoms with Crippen molar-refractivity contribution in [2.45, 2.75) is 49.8 Å². The lowest BCUT2D eigenvalue weighted by atomic mass is 9.80. The molecule has 5 aromatic rings. The van der Waals surface area contributed by atoms with Crippen molar-refractivity contribution in [2.75, 3.05) is 6.61 Å². The van der Waals surface area contributed by atoms with Crippen LogP contribution in [0.2, 0.25) is 0 Å². The van der Waals surface area contributed by atoms with Crippen LogP contribution in [0.3, 0.4) is 0 Å². The summed E-state index contributed by atoms with van der Waals surface area (Å²) in [5, 5.41) is 0. The molecular formula is C32H30N4O5. The number of fused-ring (bicyclic) bond motifs is 2. The van der Waals surface area contributed by atoms with E-state index < -0.39 is 35.9 Å². The molecule has 3 aromatic carbocycles. The van der Waals surface area contributed by atoms with Crippen LogP contribution in [-0.2, 0) is 24.5 Å². The molecule has 0 aliphatic carbocycles. The first-order valence-corrected chi connectivity index (χ1v) is 13.7. The Morgan fingerprint density at radius 2 is 1.41 bits per heavy atom. The molecule has 2 aromatic heterocycles. The first kappa shape index (κ1) is 25.8. The third-order valence-electron chi connectivity index (χ3n) is 7.77. The summed E-state index contributed by atoms with van der Waals surface area (Å²) in [6.45, 7) is 3.98. The highest BCUT2D eigenvalue weighted by Crippen LogP contribution is 2.46. The molecule has 2 aliphatic rings. The Morgan fingerprint density at radius 1 is 0.854 bits per heavy atom. The fourth-order valence-corrected chi connectivity index (χ4v) is 6.04. The maximum atomic E-state index is 12.3. The second kappa shape index (κ2) is 10.0. The second-order valence-corrected chi connectivity index (χ2v) is 10.8. The number of nitrogens with one attached hydrogen (secondary N) is 1. The number of aromatic amines is 1. The Labute approximate surface area is 236 Å². The standard InChI is InChI=1S/C32H30N4O5/c1-31(2)40-26-24(39-30(27(26)41-31)36-20-35-25-28(36)33-19-34-29(25)37)18-38-32(21-12-6-3-7-13-21,22-14-8-4-9-15-22)23-16-10-5-11-17-23/h3-17,19-20,24,26-27,30H,18H2,1-2H3,(H,33,34,37)/t24?,26?,27?,30-/m1/s1. The summed E-state index contributed by atoms with van der Waals surface area (Å²) in [4.78, 5) is 23.6.